The number of rotatable bonds is 6. The summed E-state index contributed by atoms with van der Waals surface area (Å²) in [5.74, 6) is 0. The summed E-state index contributed by atoms with van der Waals surface area (Å²) in [6, 6.07) is 55.9. The van der Waals surface area contributed by atoms with Gasteiger partial charge in [0.05, 0.1) is 0 Å². The molecule has 0 heterocycles. The number of hydrogen-bond acceptors (Lipinski definition) is 1. The predicted octanol–water partition coefficient (Wildman–Crippen LogP) is 13.7. The van der Waals surface area contributed by atoms with Gasteiger partial charge in [-0.25, -0.2) is 0 Å². The van der Waals surface area contributed by atoms with Crippen LogP contribution in [0.4, 0.5) is 17.1 Å². The Hall–Kier alpha value is -5.92. The molecular weight excluding hydrogens is 603 g/mol. The Bertz CT molecular complexity index is 2590. The Morgan fingerprint density at radius 1 is 0.440 bits per heavy atom. The third-order valence-corrected chi connectivity index (χ3v) is 10.8. The number of anilines is 3. The van der Waals surface area contributed by atoms with E-state index < -0.39 is 0 Å². The maximum absolute atomic E-state index is 2.42. The van der Waals surface area contributed by atoms with Gasteiger partial charge in [-0.1, -0.05) is 135 Å². The van der Waals surface area contributed by atoms with Crippen molar-refractivity contribution in [3.8, 4) is 11.1 Å². The Morgan fingerprint density at radius 3 is 1.78 bits per heavy atom. The Balaban J connectivity index is 0.993. The first-order valence-electron chi connectivity index (χ1n) is 17.6. The van der Waals surface area contributed by atoms with Gasteiger partial charge in [0.2, 0.25) is 0 Å². The van der Waals surface area contributed by atoms with Gasteiger partial charge in [0.1, 0.15) is 0 Å². The molecule has 0 atom stereocenters. The van der Waals surface area contributed by atoms with E-state index in [1.807, 2.05) is 0 Å². The van der Waals surface area contributed by atoms with E-state index in [1.165, 1.54) is 88.2 Å². The summed E-state index contributed by atoms with van der Waals surface area (Å²) in [5, 5.41) is 7.97. The van der Waals surface area contributed by atoms with Gasteiger partial charge in [-0.2, -0.15) is 0 Å². The second kappa shape index (κ2) is 11.6. The van der Waals surface area contributed by atoms with Crippen LogP contribution in [0, 0.1) is 13.8 Å². The van der Waals surface area contributed by atoms with Crippen LogP contribution in [0.25, 0.3) is 55.6 Å². The van der Waals surface area contributed by atoms with Gasteiger partial charge in [0.15, 0.2) is 0 Å². The summed E-state index contributed by atoms with van der Waals surface area (Å²) in [7, 11) is 0. The zero-order valence-corrected chi connectivity index (χ0v) is 29.0. The summed E-state index contributed by atoms with van der Waals surface area (Å²) in [6.45, 7) is 9.10. The fourth-order valence-electron chi connectivity index (χ4n) is 8.08. The molecule has 0 saturated carbocycles. The average Bonchev–Trinajstić information content (AvgIpc) is 3.38. The molecular formula is C49H39N. The molecule has 50 heavy (non-hydrogen) atoms. The Kier molecular flexibility index (Phi) is 7.00. The molecule has 0 saturated heterocycles. The molecule has 1 aliphatic carbocycles. The number of aryl methyl sites for hydroxylation is 2. The van der Waals surface area contributed by atoms with Crippen LogP contribution in [0.15, 0.2) is 152 Å². The molecule has 1 heteroatoms. The van der Waals surface area contributed by atoms with Crippen molar-refractivity contribution in [2.45, 2.75) is 33.1 Å². The van der Waals surface area contributed by atoms with Crippen molar-refractivity contribution in [1.29, 1.82) is 0 Å². The summed E-state index contributed by atoms with van der Waals surface area (Å²) < 4.78 is 0. The lowest BCUT2D eigenvalue weighted by atomic mass is 9.81. The van der Waals surface area contributed by atoms with Crippen LogP contribution >= 0.6 is 0 Å². The molecule has 0 bridgehead atoms. The molecule has 0 aromatic heterocycles. The highest BCUT2D eigenvalue weighted by atomic mass is 15.1. The minimum atomic E-state index is -0.0111. The van der Waals surface area contributed by atoms with Crippen LogP contribution in [0.2, 0.25) is 0 Å². The predicted molar refractivity (Wildman–Crippen MR) is 216 cm³/mol. The topological polar surface area (TPSA) is 3.24 Å². The van der Waals surface area contributed by atoms with Gasteiger partial charge in [-0.3, -0.25) is 0 Å². The number of benzene rings is 8. The van der Waals surface area contributed by atoms with Crippen LogP contribution in [0.3, 0.4) is 0 Å². The summed E-state index contributed by atoms with van der Waals surface area (Å²) in [6.07, 6.45) is 4.44. The maximum atomic E-state index is 2.42. The van der Waals surface area contributed by atoms with E-state index >= 15 is 0 Å². The highest BCUT2D eigenvalue weighted by Gasteiger charge is 2.34. The molecule has 1 nitrogen and oxygen atoms in total. The number of hydrogen-bond donors (Lipinski definition) is 0. The highest BCUT2D eigenvalue weighted by Crippen LogP contribution is 2.50. The quantitative estimate of drug-likeness (QED) is 0.129. The summed E-state index contributed by atoms with van der Waals surface area (Å²) in [5.41, 5.74) is 13.8. The van der Waals surface area contributed by atoms with Crippen LogP contribution in [-0.2, 0) is 5.41 Å². The first kappa shape index (κ1) is 30.2. The Labute approximate surface area is 294 Å². The van der Waals surface area contributed by atoms with E-state index in [-0.39, 0.29) is 5.41 Å². The second-order valence-electron chi connectivity index (χ2n) is 14.4. The smallest absolute Gasteiger partial charge is 0.0490 e. The largest absolute Gasteiger partial charge is 0.310 e. The van der Waals surface area contributed by atoms with E-state index in [1.54, 1.807) is 0 Å². The van der Waals surface area contributed by atoms with Gasteiger partial charge in [-0.05, 0) is 133 Å². The Morgan fingerprint density at radius 2 is 1.04 bits per heavy atom. The van der Waals surface area contributed by atoms with Gasteiger partial charge >= 0.3 is 0 Å². The van der Waals surface area contributed by atoms with Crippen LogP contribution in [-0.4, -0.2) is 0 Å². The molecule has 240 valence electrons. The third kappa shape index (κ3) is 4.92. The molecule has 0 amide bonds. The van der Waals surface area contributed by atoms with Crippen molar-refractivity contribution < 1.29 is 0 Å². The van der Waals surface area contributed by atoms with Gasteiger partial charge < -0.3 is 4.90 Å². The minimum Gasteiger partial charge on any atom is -0.310 e. The molecule has 9 rings (SSSR count). The highest BCUT2D eigenvalue weighted by molar-refractivity contribution is 6.15. The van der Waals surface area contributed by atoms with Crippen molar-refractivity contribution in [3.05, 3.63) is 185 Å². The monoisotopic (exact) mass is 641 g/mol. The van der Waals surface area contributed by atoms with E-state index in [0.717, 1.165) is 5.69 Å². The van der Waals surface area contributed by atoms with Crippen molar-refractivity contribution in [2.24, 2.45) is 0 Å². The van der Waals surface area contributed by atoms with Crippen LogP contribution < -0.4 is 4.90 Å². The molecule has 1 aliphatic rings. The SMILES string of the molecule is Cc1ccccc1N(c1ccc2cc(C=Cc3ccc(-c4cc5c6c(ccc7cccc(c76)C5(C)C)c4)cc3)ccc2c1)c1ccccc1C. The zero-order valence-electron chi connectivity index (χ0n) is 29.0. The van der Waals surface area contributed by atoms with Gasteiger partial charge in [0.25, 0.3) is 0 Å². The average molecular weight is 642 g/mol. The first-order valence-corrected chi connectivity index (χ1v) is 17.6. The van der Waals surface area contributed by atoms with Gasteiger partial charge in [-0.15, -0.1) is 0 Å². The standard InChI is InChI=1S/C49H39N/c1-32-10-5-7-14-45(32)50(46-15-8-6-11-33(46)2)42-27-26-38-28-35(20-23-39(38)30-42)17-16-34-18-21-36(22-19-34)41-29-40-25-24-37-12-9-13-43-47(37)48(40)44(31-41)49(43,3)4/h5-31H,1-4H3. The molecule has 0 N–H and O–H groups in total. The zero-order chi connectivity index (χ0) is 34.0. The number of para-hydroxylation sites is 2. The van der Waals surface area contributed by atoms with E-state index in [9.17, 15) is 0 Å². The van der Waals surface area contributed by atoms with Crippen LogP contribution in [0.5, 0.6) is 0 Å². The fraction of sp³-hybridized carbons (Fsp3) is 0.102. The lowest BCUT2D eigenvalue weighted by Gasteiger charge is -2.28. The van der Waals surface area contributed by atoms with E-state index in [2.05, 4.69) is 196 Å². The van der Waals surface area contributed by atoms with E-state index in [0.29, 0.717) is 0 Å². The number of fused-ring (bicyclic) bond motifs is 1. The molecule has 8 aromatic carbocycles. The fourth-order valence-corrected chi connectivity index (χ4v) is 8.08. The third-order valence-electron chi connectivity index (χ3n) is 10.8. The van der Waals surface area contributed by atoms with Crippen molar-refractivity contribution >= 4 is 61.5 Å². The lowest BCUT2D eigenvalue weighted by Crippen LogP contribution is -2.15. The second-order valence-corrected chi connectivity index (χ2v) is 14.4. The van der Waals surface area contributed by atoms with Crippen molar-refractivity contribution in [2.75, 3.05) is 4.90 Å². The van der Waals surface area contributed by atoms with Crippen LogP contribution in [0.1, 0.15) is 47.2 Å². The molecule has 0 unspecified atom stereocenters. The normalized spacial score (nSPS) is 13.3. The molecule has 0 radical (unpaired) electrons. The molecule has 0 aliphatic heterocycles. The van der Waals surface area contributed by atoms with Gasteiger partial charge in [0, 0.05) is 22.5 Å². The number of nitrogens with zero attached hydrogens (tertiary/aromatic N) is 1. The van der Waals surface area contributed by atoms with Crippen molar-refractivity contribution in [3.63, 3.8) is 0 Å². The minimum absolute atomic E-state index is 0.0111. The molecule has 0 spiro atoms. The summed E-state index contributed by atoms with van der Waals surface area (Å²) in [4.78, 5) is 2.38. The first-order chi connectivity index (χ1) is 24.3. The van der Waals surface area contributed by atoms with Crippen molar-refractivity contribution in [1.82, 2.24) is 0 Å². The lowest BCUT2D eigenvalue weighted by molar-refractivity contribution is 0.663. The molecule has 0 fully saturated rings. The summed E-state index contributed by atoms with van der Waals surface area (Å²) >= 11 is 0. The maximum Gasteiger partial charge on any atom is 0.0490 e. The molecule has 8 aromatic rings. The van der Waals surface area contributed by atoms with E-state index in [4.69, 9.17) is 0 Å².